The molecule has 230 valence electrons. The quantitative estimate of drug-likeness (QED) is 0.395. The Morgan fingerprint density at radius 3 is 2.16 bits per heavy atom. The number of carbonyl (C=O) groups is 3. The lowest BCUT2D eigenvalue weighted by atomic mass is 9.49. The minimum atomic E-state index is -0.356. The van der Waals surface area contributed by atoms with Gasteiger partial charge in [-0.2, -0.15) is 0 Å². The summed E-state index contributed by atoms with van der Waals surface area (Å²) in [7, 11) is 1.37. The van der Waals surface area contributed by atoms with E-state index in [1.807, 2.05) is 35.2 Å². The predicted molar refractivity (Wildman–Crippen MR) is 163 cm³/mol. The summed E-state index contributed by atoms with van der Waals surface area (Å²) < 4.78 is 11.0. The average Bonchev–Trinajstić information content (AvgIpc) is 3.01. The molecule has 8 heteroatoms. The Morgan fingerprint density at radius 1 is 0.907 bits per heavy atom. The molecule has 7 rings (SSSR count). The zero-order valence-electron chi connectivity index (χ0n) is 25.6. The van der Waals surface area contributed by atoms with Gasteiger partial charge in [-0.15, -0.1) is 0 Å². The van der Waals surface area contributed by atoms with Crippen LogP contribution in [0.25, 0.3) is 0 Å². The molecule has 2 amide bonds. The zero-order chi connectivity index (χ0) is 30.0. The lowest BCUT2D eigenvalue weighted by Crippen LogP contribution is -2.52. The third kappa shape index (κ3) is 6.74. The van der Waals surface area contributed by atoms with E-state index in [2.05, 4.69) is 23.2 Å². The number of ether oxygens (including phenoxy) is 2. The largest absolute Gasteiger partial charge is 0.489 e. The lowest BCUT2D eigenvalue weighted by molar-refractivity contribution is -0.136. The molecule has 4 saturated carbocycles. The Morgan fingerprint density at radius 2 is 1.53 bits per heavy atom. The predicted octanol–water partition coefficient (Wildman–Crippen LogP) is 4.98. The van der Waals surface area contributed by atoms with Crippen molar-refractivity contribution in [3.63, 3.8) is 0 Å². The third-order valence-corrected chi connectivity index (χ3v) is 10.5. The van der Waals surface area contributed by atoms with Crippen LogP contribution in [-0.2, 0) is 20.9 Å². The molecule has 4 aliphatic carbocycles. The minimum Gasteiger partial charge on any atom is -0.489 e. The Bertz CT molecular complexity index is 1280. The van der Waals surface area contributed by atoms with Crippen molar-refractivity contribution in [2.45, 2.75) is 64.5 Å². The molecule has 1 aliphatic heterocycles. The van der Waals surface area contributed by atoms with E-state index in [9.17, 15) is 14.4 Å². The summed E-state index contributed by atoms with van der Waals surface area (Å²) in [5.74, 6) is 3.00. The maximum Gasteiger partial charge on any atom is 0.337 e. The molecular formula is C35H45N3O5. The first-order valence-electron chi connectivity index (χ1n) is 16.0. The van der Waals surface area contributed by atoms with Crippen molar-refractivity contribution in [2.75, 3.05) is 39.8 Å². The molecule has 1 heterocycles. The molecule has 1 N–H and O–H groups in total. The van der Waals surface area contributed by atoms with Crippen LogP contribution in [-0.4, -0.2) is 67.4 Å². The van der Waals surface area contributed by atoms with Gasteiger partial charge in [-0.25, -0.2) is 4.79 Å². The molecule has 5 aliphatic rings. The SMILES string of the molecule is COC(=O)c1ccc(COc2ccccc2C(C)N2CCN(C(=O)CNC(=O)CC34CC5CC(CC(C5)C3)C4)CC2)cc1. The number of piperazine rings is 1. The summed E-state index contributed by atoms with van der Waals surface area (Å²) in [6.07, 6.45) is 8.33. The van der Waals surface area contributed by atoms with Crippen molar-refractivity contribution in [1.29, 1.82) is 0 Å². The molecule has 4 bridgehead atoms. The Labute approximate surface area is 255 Å². The van der Waals surface area contributed by atoms with Crippen molar-refractivity contribution in [2.24, 2.45) is 23.2 Å². The number of methoxy groups -OCH3 is 1. The fourth-order valence-corrected chi connectivity index (χ4v) is 8.72. The number of carbonyl (C=O) groups excluding carboxylic acids is 3. The molecule has 1 unspecified atom stereocenters. The van der Waals surface area contributed by atoms with E-state index in [1.54, 1.807) is 12.1 Å². The van der Waals surface area contributed by atoms with E-state index < -0.39 is 0 Å². The topological polar surface area (TPSA) is 88.2 Å². The molecule has 43 heavy (non-hydrogen) atoms. The number of hydrogen-bond donors (Lipinski definition) is 1. The third-order valence-electron chi connectivity index (χ3n) is 10.5. The molecular weight excluding hydrogens is 542 g/mol. The highest BCUT2D eigenvalue weighted by atomic mass is 16.5. The van der Waals surface area contributed by atoms with Gasteiger partial charge in [-0.05, 0) is 92.4 Å². The molecule has 2 aromatic carbocycles. The fraction of sp³-hybridized carbons (Fsp3) is 0.571. The van der Waals surface area contributed by atoms with E-state index in [0.29, 0.717) is 31.7 Å². The van der Waals surface area contributed by atoms with Crippen LogP contribution in [0.3, 0.4) is 0 Å². The number of esters is 1. The van der Waals surface area contributed by atoms with Crippen molar-refractivity contribution >= 4 is 17.8 Å². The first-order valence-corrected chi connectivity index (χ1v) is 16.0. The first kappa shape index (κ1) is 29.7. The van der Waals surface area contributed by atoms with Gasteiger partial charge in [-0.1, -0.05) is 30.3 Å². The first-order chi connectivity index (χ1) is 20.8. The van der Waals surface area contributed by atoms with E-state index in [1.165, 1.54) is 45.6 Å². The summed E-state index contributed by atoms with van der Waals surface area (Å²) >= 11 is 0. The molecule has 0 aromatic heterocycles. The van der Waals surface area contributed by atoms with Crippen LogP contribution in [0.2, 0.25) is 0 Å². The van der Waals surface area contributed by atoms with Gasteiger partial charge in [0.25, 0.3) is 0 Å². The number of amides is 2. The van der Waals surface area contributed by atoms with Gasteiger partial charge in [0.15, 0.2) is 0 Å². The molecule has 2 aromatic rings. The molecule has 8 nitrogen and oxygen atoms in total. The Balaban J connectivity index is 0.962. The molecule has 0 radical (unpaired) electrons. The van der Waals surface area contributed by atoms with Crippen molar-refractivity contribution < 1.29 is 23.9 Å². The standard InChI is InChI=1S/C35H45N3O5/c1-24(30-5-3-4-6-31(30)43-23-25-7-9-29(10-8-25)34(41)42-2)37-11-13-38(14-12-37)33(40)22-36-32(39)21-35-18-26-15-27(19-35)17-28(16-26)20-35/h3-10,24,26-28H,11-23H2,1-2H3,(H,36,39). The van der Waals surface area contributed by atoms with Crippen molar-refractivity contribution in [1.82, 2.24) is 15.1 Å². The number of nitrogens with one attached hydrogen (secondary N) is 1. The minimum absolute atomic E-state index is 0.00752. The van der Waals surface area contributed by atoms with Crippen LogP contribution in [0, 0.1) is 23.2 Å². The van der Waals surface area contributed by atoms with Crippen LogP contribution >= 0.6 is 0 Å². The monoisotopic (exact) mass is 587 g/mol. The van der Waals surface area contributed by atoms with Crippen LogP contribution < -0.4 is 10.1 Å². The summed E-state index contributed by atoms with van der Waals surface area (Å²) in [5, 5.41) is 2.98. The van der Waals surface area contributed by atoms with Crippen molar-refractivity contribution in [3.05, 3.63) is 65.2 Å². The van der Waals surface area contributed by atoms with Crippen molar-refractivity contribution in [3.8, 4) is 5.75 Å². The molecule has 1 saturated heterocycles. The normalized spacial score (nSPS) is 27.0. The number of benzene rings is 2. The number of para-hydroxylation sites is 1. The van der Waals surface area contributed by atoms with Gasteiger partial charge in [0.2, 0.25) is 11.8 Å². The van der Waals surface area contributed by atoms with E-state index in [4.69, 9.17) is 9.47 Å². The maximum atomic E-state index is 13.0. The summed E-state index contributed by atoms with van der Waals surface area (Å²) in [5.41, 5.74) is 2.77. The van der Waals surface area contributed by atoms with Gasteiger partial charge in [0.05, 0.1) is 19.2 Å². The van der Waals surface area contributed by atoms with E-state index in [-0.39, 0.29) is 35.8 Å². The van der Waals surface area contributed by atoms with Crippen LogP contribution in [0.5, 0.6) is 5.75 Å². The average molecular weight is 588 g/mol. The van der Waals surface area contributed by atoms with Crippen LogP contribution in [0.1, 0.15) is 79.4 Å². The fourth-order valence-electron chi connectivity index (χ4n) is 8.72. The van der Waals surface area contributed by atoms with Gasteiger partial charge in [-0.3, -0.25) is 14.5 Å². The molecule has 0 spiro atoms. The lowest BCUT2D eigenvalue weighted by Gasteiger charge is -2.56. The second-order valence-electron chi connectivity index (χ2n) is 13.5. The van der Waals surface area contributed by atoms with E-state index >= 15 is 0 Å². The Hall–Kier alpha value is -3.39. The summed E-state index contributed by atoms with van der Waals surface area (Å²) in [6, 6.07) is 15.4. The molecule has 5 fully saturated rings. The molecule has 1 atom stereocenters. The van der Waals surface area contributed by atoms with E-state index in [0.717, 1.165) is 47.7 Å². The Kier molecular flexibility index (Phi) is 8.75. The van der Waals surface area contributed by atoms with Gasteiger partial charge in [0.1, 0.15) is 12.4 Å². The second kappa shape index (κ2) is 12.7. The van der Waals surface area contributed by atoms with Gasteiger partial charge >= 0.3 is 5.97 Å². The highest BCUT2D eigenvalue weighted by Crippen LogP contribution is 2.61. The number of rotatable bonds is 10. The number of hydrogen-bond acceptors (Lipinski definition) is 6. The highest BCUT2D eigenvalue weighted by Gasteiger charge is 2.51. The highest BCUT2D eigenvalue weighted by molar-refractivity contribution is 5.89. The second-order valence-corrected chi connectivity index (χ2v) is 13.5. The van der Waals surface area contributed by atoms with Gasteiger partial charge < -0.3 is 19.7 Å². The smallest absolute Gasteiger partial charge is 0.337 e. The van der Waals surface area contributed by atoms with Crippen LogP contribution in [0.15, 0.2) is 48.5 Å². The van der Waals surface area contributed by atoms with Crippen LogP contribution in [0.4, 0.5) is 0 Å². The summed E-state index contributed by atoms with van der Waals surface area (Å²) in [4.78, 5) is 41.9. The zero-order valence-corrected chi connectivity index (χ0v) is 25.6. The summed E-state index contributed by atoms with van der Waals surface area (Å²) in [6.45, 7) is 5.47. The maximum absolute atomic E-state index is 13.0. The van der Waals surface area contributed by atoms with Gasteiger partial charge in [0, 0.05) is 44.2 Å². The number of nitrogens with zero attached hydrogens (tertiary/aromatic N) is 2.